The molecule has 0 aliphatic heterocycles. The van der Waals surface area contributed by atoms with Gasteiger partial charge in [0.1, 0.15) is 0 Å². The van der Waals surface area contributed by atoms with Gasteiger partial charge in [-0.2, -0.15) is 0 Å². The molecule has 3 aromatic rings. The van der Waals surface area contributed by atoms with Gasteiger partial charge < -0.3 is 0 Å². The zero-order valence-electron chi connectivity index (χ0n) is 12.1. The van der Waals surface area contributed by atoms with Gasteiger partial charge in [0.15, 0.2) is 5.16 Å². The highest BCUT2D eigenvalue weighted by molar-refractivity contribution is 9.10. The van der Waals surface area contributed by atoms with Crippen LogP contribution in [0.25, 0.3) is 16.6 Å². The number of hydrogen-bond acceptors (Lipinski definition) is 4. The summed E-state index contributed by atoms with van der Waals surface area (Å²) in [5, 5.41) is 1.81. The summed E-state index contributed by atoms with van der Waals surface area (Å²) >= 11 is 17.5. The van der Waals surface area contributed by atoms with E-state index in [-0.39, 0.29) is 5.56 Å². The van der Waals surface area contributed by atoms with Gasteiger partial charge in [-0.15, -0.1) is 0 Å². The normalized spacial score (nSPS) is 11.2. The fraction of sp³-hybridized carbons (Fsp3) is 0.133. The van der Waals surface area contributed by atoms with Gasteiger partial charge in [0.25, 0.3) is 5.56 Å². The molecule has 0 atom stereocenters. The van der Waals surface area contributed by atoms with Gasteiger partial charge in [0, 0.05) is 12.4 Å². The van der Waals surface area contributed by atoms with Crippen LogP contribution in [0.3, 0.4) is 0 Å². The molecule has 2 heterocycles. The quantitative estimate of drug-likeness (QED) is 0.429. The Morgan fingerprint density at radius 3 is 2.52 bits per heavy atom. The van der Waals surface area contributed by atoms with E-state index in [1.165, 1.54) is 22.5 Å². The van der Waals surface area contributed by atoms with Crippen molar-refractivity contribution in [1.82, 2.24) is 14.5 Å². The van der Waals surface area contributed by atoms with Crippen molar-refractivity contribution >= 4 is 61.8 Å². The summed E-state index contributed by atoms with van der Waals surface area (Å²) in [7, 11) is 0. The first-order valence-corrected chi connectivity index (χ1v) is 9.27. The number of thioether (sulfide) groups is 1. The molecule has 0 N–H and O–H groups in total. The Bertz CT molecular complexity index is 967. The topological polar surface area (TPSA) is 47.8 Å². The van der Waals surface area contributed by atoms with E-state index in [1.807, 2.05) is 13.2 Å². The van der Waals surface area contributed by atoms with Gasteiger partial charge >= 0.3 is 0 Å². The third kappa shape index (κ3) is 3.01. The predicted molar refractivity (Wildman–Crippen MR) is 99.4 cm³/mol. The Kier molecular flexibility index (Phi) is 4.69. The smallest absolute Gasteiger partial charge is 0.266 e. The average molecular weight is 431 g/mol. The minimum Gasteiger partial charge on any atom is -0.279 e. The number of benzene rings is 1. The maximum Gasteiger partial charge on any atom is 0.266 e. The number of hydrogen-bond donors (Lipinski definition) is 0. The van der Waals surface area contributed by atoms with Crippen LogP contribution in [0.15, 0.2) is 39.0 Å². The van der Waals surface area contributed by atoms with Crippen molar-refractivity contribution in [3.05, 3.63) is 55.0 Å². The SMILES string of the molecule is CSc1ncc2c(=O)n(-c3c(Cl)cc(C)cc3Cl)cc(Br)c2n1. The van der Waals surface area contributed by atoms with Crippen LogP contribution in [0.4, 0.5) is 0 Å². The van der Waals surface area contributed by atoms with E-state index >= 15 is 0 Å². The molecule has 8 heteroatoms. The summed E-state index contributed by atoms with van der Waals surface area (Å²) in [6.45, 7) is 1.89. The molecule has 4 nitrogen and oxygen atoms in total. The van der Waals surface area contributed by atoms with Crippen molar-refractivity contribution in [2.75, 3.05) is 6.26 Å². The van der Waals surface area contributed by atoms with Gasteiger partial charge in [0.05, 0.1) is 31.1 Å². The molecule has 3 rings (SSSR count). The van der Waals surface area contributed by atoms with Crippen molar-refractivity contribution < 1.29 is 0 Å². The molecule has 23 heavy (non-hydrogen) atoms. The molecule has 0 bridgehead atoms. The van der Waals surface area contributed by atoms with Gasteiger partial charge in [-0.05, 0) is 46.8 Å². The Morgan fingerprint density at radius 1 is 1.26 bits per heavy atom. The van der Waals surface area contributed by atoms with Crippen LogP contribution < -0.4 is 5.56 Å². The number of fused-ring (bicyclic) bond motifs is 1. The fourth-order valence-corrected chi connectivity index (χ4v) is 3.88. The molecule has 2 aromatic heterocycles. The molecule has 0 saturated carbocycles. The van der Waals surface area contributed by atoms with E-state index in [2.05, 4.69) is 25.9 Å². The highest BCUT2D eigenvalue weighted by Gasteiger charge is 2.16. The third-order valence-corrected chi connectivity index (χ3v) is 4.99. The molecular formula is C15H10BrCl2N3OS. The molecule has 0 aliphatic rings. The lowest BCUT2D eigenvalue weighted by atomic mass is 10.2. The summed E-state index contributed by atoms with van der Waals surface area (Å²) in [4.78, 5) is 21.4. The Morgan fingerprint density at radius 2 is 1.91 bits per heavy atom. The molecule has 0 radical (unpaired) electrons. The number of rotatable bonds is 2. The molecule has 0 saturated heterocycles. The second-order valence-electron chi connectivity index (χ2n) is 4.85. The highest BCUT2D eigenvalue weighted by Crippen LogP contribution is 2.31. The van der Waals surface area contributed by atoms with Crippen molar-refractivity contribution in [1.29, 1.82) is 0 Å². The van der Waals surface area contributed by atoms with E-state index in [9.17, 15) is 4.79 Å². The molecule has 1 aromatic carbocycles. The lowest BCUT2D eigenvalue weighted by Crippen LogP contribution is -2.19. The van der Waals surface area contributed by atoms with Crippen molar-refractivity contribution in [2.45, 2.75) is 12.1 Å². The Balaban J connectivity index is 2.37. The van der Waals surface area contributed by atoms with Crippen molar-refractivity contribution in [3.63, 3.8) is 0 Å². The van der Waals surface area contributed by atoms with E-state index in [0.29, 0.717) is 36.3 Å². The van der Waals surface area contributed by atoms with Crippen LogP contribution in [0.2, 0.25) is 10.0 Å². The van der Waals surface area contributed by atoms with E-state index in [0.717, 1.165) is 5.56 Å². The zero-order valence-corrected chi connectivity index (χ0v) is 16.0. The number of aromatic nitrogens is 3. The van der Waals surface area contributed by atoms with Crippen LogP contribution in [-0.4, -0.2) is 20.8 Å². The summed E-state index contributed by atoms with van der Waals surface area (Å²) in [5.41, 5.74) is 1.65. The van der Waals surface area contributed by atoms with Crippen LogP contribution in [0.5, 0.6) is 0 Å². The molecular weight excluding hydrogens is 421 g/mol. The first-order valence-electron chi connectivity index (χ1n) is 6.50. The third-order valence-electron chi connectivity index (χ3n) is 3.27. The first kappa shape index (κ1) is 16.8. The molecule has 0 spiro atoms. The van der Waals surface area contributed by atoms with E-state index in [4.69, 9.17) is 23.2 Å². The minimum atomic E-state index is -0.275. The predicted octanol–water partition coefficient (Wildman–Crippen LogP) is 4.88. The van der Waals surface area contributed by atoms with Crippen molar-refractivity contribution in [3.8, 4) is 5.69 Å². The summed E-state index contributed by atoms with van der Waals surface area (Å²) in [6.07, 6.45) is 5.03. The second-order valence-corrected chi connectivity index (χ2v) is 7.29. The Labute approximate surface area is 155 Å². The molecule has 0 unspecified atom stereocenters. The first-order chi connectivity index (χ1) is 10.9. The number of pyridine rings is 1. The zero-order chi connectivity index (χ0) is 16.7. The van der Waals surface area contributed by atoms with Crippen LogP contribution in [-0.2, 0) is 0 Å². The monoisotopic (exact) mass is 429 g/mol. The maximum absolute atomic E-state index is 12.8. The maximum atomic E-state index is 12.8. The number of aryl methyl sites for hydroxylation is 1. The van der Waals surface area contributed by atoms with Gasteiger partial charge in [-0.3, -0.25) is 9.36 Å². The van der Waals surface area contributed by atoms with Gasteiger partial charge in [-0.1, -0.05) is 35.0 Å². The van der Waals surface area contributed by atoms with E-state index in [1.54, 1.807) is 18.3 Å². The molecule has 0 fully saturated rings. The van der Waals surface area contributed by atoms with E-state index < -0.39 is 0 Å². The Hall–Kier alpha value is -1.08. The van der Waals surface area contributed by atoms with Crippen molar-refractivity contribution in [2.24, 2.45) is 0 Å². The lowest BCUT2D eigenvalue weighted by molar-refractivity contribution is 0.963. The molecule has 0 aliphatic carbocycles. The van der Waals surface area contributed by atoms with Gasteiger partial charge in [-0.25, -0.2) is 9.97 Å². The van der Waals surface area contributed by atoms with Gasteiger partial charge in [0.2, 0.25) is 0 Å². The second kappa shape index (κ2) is 6.43. The van der Waals surface area contributed by atoms with Crippen LogP contribution in [0, 0.1) is 6.92 Å². The summed E-state index contributed by atoms with van der Waals surface area (Å²) < 4.78 is 2.08. The largest absolute Gasteiger partial charge is 0.279 e. The fourth-order valence-electron chi connectivity index (χ4n) is 2.25. The number of nitrogens with zero attached hydrogens (tertiary/aromatic N) is 3. The minimum absolute atomic E-state index is 0.275. The lowest BCUT2D eigenvalue weighted by Gasteiger charge is -2.13. The summed E-state index contributed by atoms with van der Waals surface area (Å²) in [6, 6.07) is 3.53. The molecule has 0 amide bonds. The van der Waals surface area contributed by atoms with Crippen LogP contribution >= 0.6 is 50.9 Å². The summed E-state index contributed by atoms with van der Waals surface area (Å²) in [5.74, 6) is 0. The molecule has 118 valence electrons. The highest BCUT2D eigenvalue weighted by atomic mass is 79.9. The standard InChI is InChI=1S/C15H10BrCl2N3OS/c1-7-3-10(17)13(11(18)4-7)21-6-9(16)12-8(14(21)22)5-19-15(20-12)23-2/h3-6H,1-2H3. The average Bonchev–Trinajstić information content (AvgIpc) is 2.50. The van der Waals surface area contributed by atoms with Crippen LogP contribution in [0.1, 0.15) is 5.56 Å². The number of halogens is 3.